The smallest absolute Gasteiger partial charge is 0.190 e. The molecule has 1 aromatic carbocycles. The van der Waals surface area contributed by atoms with Crippen LogP contribution in [0.4, 0.5) is 0 Å². The molecule has 1 aromatic rings. The number of ketones is 2. The van der Waals surface area contributed by atoms with Crippen molar-refractivity contribution in [2.45, 2.75) is 178 Å². The first-order chi connectivity index (χ1) is 25.2. The third kappa shape index (κ3) is 15.0. The molecule has 0 aliphatic heterocycles. The average molecular weight is 721 g/mol. The quantitative estimate of drug-likeness (QED) is 0.112. The number of Topliss-reactive ketones (excluding diaryl/α,β-unsaturated/α-hetero) is 2. The summed E-state index contributed by atoms with van der Waals surface area (Å²) in [5.74, 6) is 2.27. The molecule has 2 aliphatic carbocycles. The van der Waals surface area contributed by atoms with E-state index in [1.54, 1.807) is 35.8 Å². The van der Waals surface area contributed by atoms with Crippen molar-refractivity contribution in [2.75, 3.05) is 0 Å². The fourth-order valence-corrected chi connectivity index (χ4v) is 8.62. The second kappa shape index (κ2) is 22.4. The molecule has 0 amide bonds. The number of rotatable bonds is 22. The summed E-state index contributed by atoms with van der Waals surface area (Å²) in [5, 5.41) is 0. The van der Waals surface area contributed by atoms with Gasteiger partial charge in [0.1, 0.15) is 0 Å². The van der Waals surface area contributed by atoms with E-state index in [1.807, 2.05) is 12.1 Å². The minimum absolute atomic E-state index is 0.00774. The van der Waals surface area contributed by atoms with Crippen molar-refractivity contribution < 1.29 is 9.59 Å². The van der Waals surface area contributed by atoms with Gasteiger partial charge in [0.2, 0.25) is 0 Å². The molecule has 292 valence electrons. The Balaban J connectivity index is 1.23. The number of benzene rings is 1. The molecule has 0 aromatic heterocycles. The largest absolute Gasteiger partial charge is 0.289 e. The van der Waals surface area contributed by atoms with Gasteiger partial charge in [-0.1, -0.05) is 136 Å². The lowest BCUT2D eigenvalue weighted by molar-refractivity contribution is 0.0973. The Labute approximate surface area is 326 Å². The van der Waals surface area contributed by atoms with E-state index < -0.39 is 0 Å². The van der Waals surface area contributed by atoms with Gasteiger partial charge in [-0.05, 0) is 148 Å². The van der Waals surface area contributed by atoms with Crippen molar-refractivity contribution in [2.24, 2.45) is 23.2 Å². The molecule has 2 heteroatoms. The molecule has 3 rings (SSSR count). The van der Waals surface area contributed by atoms with E-state index in [0.29, 0.717) is 34.1 Å². The first-order valence-electron chi connectivity index (χ1n) is 21.4. The molecule has 2 nitrogen and oxygen atoms in total. The summed E-state index contributed by atoms with van der Waals surface area (Å²) < 4.78 is 0. The molecule has 0 N–H and O–H groups in total. The highest BCUT2D eigenvalue weighted by Gasteiger charge is 2.32. The normalized spacial score (nSPS) is 19.7. The number of hydrogen-bond donors (Lipinski definition) is 0. The van der Waals surface area contributed by atoms with Crippen molar-refractivity contribution >= 4 is 11.6 Å². The van der Waals surface area contributed by atoms with Gasteiger partial charge in [0, 0.05) is 22.3 Å². The van der Waals surface area contributed by atoms with Gasteiger partial charge in [0.15, 0.2) is 11.6 Å². The number of carbonyl (C=O) groups excluding carboxylic acids is 2. The maximum atomic E-state index is 13.0. The van der Waals surface area contributed by atoms with Crippen LogP contribution in [0.5, 0.6) is 0 Å². The monoisotopic (exact) mass is 721 g/mol. The predicted molar refractivity (Wildman–Crippen MR) is 231 cm³/mol. The van der Waals surface area contributed by atoms with Gasteiger partial charge in [0.05, 0.1) is 0 Å². The minimum atomic E-state index is -0.00774. The lowest BCUT2D eigenvalue weighted by Crippen LogP contribution is -2.27. The zero-order valence-corrected chi connectivity index (χ0v) is 35.8. The van der Waals surface area contributed by atoms with E-state index in [2.05, 4.69) is 92.7 Å². The van der Waals surface area contributed by atoms with Gasteiger partial charge in [-0.3, -0.25) is 9.59 Å². The second-order valence-electron chi connectivity index (χ2n) is 18.0. The molecular weight excluding hydrogens is 645 g/mol. The number of carbonyl (C=O) groups is 2. The highest BCUT2D eigenvalue weighted by Crippen LogP contribution is 2.43. The molecule has 0 saturated carbocycles. The van der Waals surface area contributed by atoms with Gasteiger partial charge in [0.25, 0.3) is 0 Å². The summed E-state index contributed by atoms with van der Waals surface area (Å²) in [6, 6.07) is 7.20. The maximum Gasteiger partial charge on any atom is 0.190 e. The van der Waals surface area contributed by atoms with Gasteiger partial charge in [-0.15, -0.1) is 0 Å². The Morgan fingerprint density at radius 2 is 1.23 bits per heavy atom. The number of allylic oxidation sites excluding steroid dienone is 12. The van der Waals surface area contributed by atoms with Crippen LogP contribution in [0, 0.1) is 23.2 Å². The van der Waals surface area contributed by atoms with Gasteiger partial charge in [-0.25, -0.2) is 0 Å². The lowest BCUT2D eigenvalue weighted by atomic mass is 9.67. The van der Waals surface area contributed by atoms with Crippen molar-refractivity contribution in [3.05, 3.63) is 105 Å². The molecule has 3 atom stereocenters. The Kier molecular flexibility index (Phi) is 18.8. The van der Waals surface area contributed by atoms with Crippen LogP contribution in [0.25, 0.3) is 0 Å². The topological polar surface area (TPSA) is 34.1 Å². The Morgan fingerprint density at radius 3 is 1.85 bits per heavy atom. The summed E-state index contributed by atoms with van der Waals surface area (Å²) in [6.07, 6.45) is 32.4. The van der Waals surface area contributed by atoms with Crippen LogP contribution in [0.2, 0.25) is 0 Å². The molecule has 0 spiro atoms. The molecule has 2 aliphatic rings. The van der Waals surface area contributed by atoms with Crippen LogP contribution in [-0.4, -0.2) is 11.6 Å². The summed E-state index contributed by atoms with van der Waals surface area (Å²) >= 11 is 0. The fraction of sp³-hybridized carbons (Fsp3) is 0.608. The molecule has 53 heavy (non-hydrogen) atoms. The summed E-state index contributed by atoms with van der Waals surface area (Å²) in [5.41, 5.74) is 10.4. The van der Waals surface area contributed by atoms with Crippen LogP contribution < -0.4 is 0 Å². The fourth-order valence-electron chi connectivity index (χ4n) is 8.62. The van der Waals surface area contributed by atoms with E-state index in [-0.39, 0.29) is 11.6 Å². The van der Waals surface area contributed by atoms with Crippen molar-refractivity contribution in [1.82, 2.24) is 0 Å². The first kappa shape index (κ1) is 44.4. The highest BCUT2D eigenvalue weighted by atomic mass is 16.1. The van der Waals surface area contributed by atoms with E-state index in [9.17, 15) is 9.59 Å². The lowest BCUT2D eigenvalue weighted by Gasteiger charge is -2.38. The Hall–Kier alpha value is -3.00. The predicted octanol–water partition coefficient (Wildman–Crippen LogP) is 15.7. The van der Waals surface area contributed by atoms with Crippen LogP contribution in [-0.2, 0) is 0 Å². The van der Waals surface area contributed by atoms with Crippen LogP contribution in [0.3, 0.4) is 0 Å². The zero-order chi connectivity index (χ0) is 39.0. The molecule has 3 unspecified atom stereocenters. The van der Waals surface area contributed by atoms with Crippen molar-refractivity contribution in [3.63, 3.8) is 0 Å². The van der Waals surface area contributed by atoms with Crippen molar-refractivity contribution in [1.29, 1.82) is 0 Å². The van der Waals surface area contributed by atoms with Crippen LogP contribution in [0.1, 0.15) is 199 Å². The SMILES string of the molecule is CC1=CCCC(C)(C)C1CC/C(C)=C/CC/C(C)=C/CC/C(C)=C/CCC(C)CCCC(C)CCC/C(C)=C/CC1=C(C)C(=O)c2ccccc2C1=O. The van der Waals surface area contributed by atoms with E-state index in [1.165, 1.54) is 101 Å². The number of fused-ring (bicyclic) bond motifs is 1. The Bertz CT molecular complexity index is 1550. The molecule has 0 bridgehead atoms. The molecule has 0 saturated heterocycles. The van der Waals surface area contributed by atoms with Gasteiger partial charge >= 0.3 is 0 Å². The van der Waals surface area contributed by atoms with Gasteiger partial charge < -0.3 is 0 Å². The summed E-state index contributed by atoms with van der Waals surface area (Å²) in [4.78, 5) is 25.8. The van der Waals surface area contributed by atoms with E-state index in [0.717, 1.165) is 30.6 Å². The van der Waals surface area contributed by atoms with Crippen LogP contribution >= 0.6 is 0 Å². The summed E-state index contributed by atoms with van der Waals surface area (Å²) in [7, 11) is 0. The third-order valence-corrected chi connectivity index (χ3v) is 12.6. The number of hydrogen-bond acceptors (Lipinski definition) is 2. The molecule has 0 radical (unpaired) electrons. The standard InChI is InChI=1S/C51H76O2/c1-37(19-13-20-38(2)22-15-24-40(4)26-17-28-42(6)33-35-48-43(7)29-18-36-51(48,9)10)21-14-23-39(3)25-16-27-41(5)32-34-45-44(8)49(52)46-30-11-12-31-47(46)50(45)53/h11-12,20,24,28-32,37,39,48H,13-19,21-23,25-27,33-36H2,1-10H3/b38-20+,40-24+,41-32+,42-28+. The van der Waals surface area contributed by atoms with Gasteiger partial charge in [-0.2, -0.15) is 0 Å². The summed E-state index contributed by atoms with van der Waals surface area (Å²) in [6.45, 7) is 23.0. The average Bonchev–Trinajstić information content (AvgIpc) is 3.10. The Morgan fingerprint density at radius 1 is 0.698 bits per heavy atom. The highest BCUT2D eigenvalue weighted by molar-refractivity contribution is 6.26. The second-order valence-corrected chi connectivity index (χ2v) is 18.0. The van der Waals surface area contributed by atoms with Crippen LogP contribution in [0.15, 0.2) is 93.7 Å². The third-order valence-electron chi connectivity index (χ3n) is 12.6. The molecule has 0 fully saturated rings. The van der Waals surface area contributed by atoms with E-state index >= 15 is 0 Å². The maximum absolute atomic E-state index is 13.0. The molecule has 0 heterocycles. The molecular formula is C51H76O2. The van der Waals surface area contributed by atoms with Crippen molar-refractivity contribution in [3.8, 4) is 0 Å². The first-order valence-corrected chi connectivity index (χ1v) is 21.4. The van der Waals surface area contributed by atoms with E-state index in [4.69, 9.17) is 0 Å². The minimum Gasteiger partial charge on any atom is -0.289 e. The zero-order valence-electron chi connectivity index (χ0n) is 35.8.